The van der Waals surface area contributed by atoms with Gasteiger partial charge in [0.15, 0.2) is 5.78 Å². The highest BCUT2D eigenvalue weighted by atomic mass is 16.1. The number of anilines is 1. The van der Waals surface area contributed by atoms with Crippen LogP contribution in [0.5, 0.6) is 0 Å². The first-order valence-electron chi connectivity index (χ1n) is 9.80. The third-order valence-corrected chi connectivity index (χ3v) is 6.60. The van der Waals surface area contributed by atoms with Crippen LogP contribution in [0.1, 0.15) is 48.8 Å². The third-order valence-electron chi connectivity index (χ3n) is 6.60. The number of Topliss-reactive ketones (excluding diaryl/α,β-unsaturated/α-hetero) is 1. The van der Waals surface area contributed by atoms with Gasteiger partial charge in [0.1, 0.15) is 11.9 Å². The molecule has 148 valence electrons. The predicted octanol–water partition coefficient (Wildman–Crippen LogP) is 3.55. The molecule has 1 aromatic heterocycles. The zero-order valence-corrected chi connectivity index (χ0v) is 17.1. The van der Waals surface area contributed by atoms with E-state index in [1.165, 1.54) is 0 Å². The average Bonchev–Trinajstić information content (AvgIpc) is 3.02. The van der Waals surface area contributed by atoms with Crippen molar-refractivity contribution >= 4 is 17.5 Å². The van der Waals surface area contributed by atoms with Crippen LogP contribution in [-0.4, -0.2) is 21.5 Å². The van der Waals surface area contributed by atoms with Gasteiger partial charge in [0.05, 0.1) is 11.3 Å². The maximum absolute atomic E-state index is 12.8. The molecule has 2 aliphatic rings. The molecule has 0 fully saturated rings. The number of carbonyl (C=O) groups excluding carboxylic acids is 2. The van der Waals surface area contributed by atoms with Gasteiger partial charge in [-0.3, -0.25) is 14.3 Å². The molecule has 0 saturated heterocycles. The number of hydrogen-bond acceptors (Lipinski definition) is 4. The Morgan fingerprint density at radius 2 is 1.97 bits per heavy atom. The number of carbonyl (C=O) groups is 2. The molecule has 2 aliphatic carbocycles. The molecule has 1 amide bonds. The minimum Gasteiger partial charge on any atom is -0.307 e. The van der Waals surface area contributed by atoms with Crippen LogP contribution in [0.4, 0.5) is 5.82 Å². The van der Waals surface area contributed by atoms with Gasteiger partial charge in [0, 0.05) is 29.0 Å². The van der Waals surface area contributed by atoms with Crippen molar-refractivity contribution in [3.05, 3.63) is 58.8 Å². The second-order valence-corrected chi connectivity index (χ2v) is 8.71. The van der Waals surface area contributed by atoms with Gasteiger partial charge in [-0.15, -0.1) is 0 Å². The highest BCUT2D eigenvalue weighted by Crippen LogP contribution is 2.55. The number of aromatic nitrogens is 2. The number of aryl methyl sites for hydroxylation is 1. The van der Waals surface area contributed by atoms with Crippen LogP contribution in [0.25, 0.3) is 0 Å². The molecule has 1 N–H and O–H groups in total. The molecule has 6 heteroatoms. The maximum Gasteiger partial charge on any atom is 0.256 e. The van der Waals surface area contributed by atoms with Crippen LogP contribution >= 0.6 is 0 Å². The second-order valence-electron chi connectivity index (χ2n) is 8.71. The fourth-order valence-electron chi connectivity index (χ4n) is 5.15. The van der Waals surface area contributed by atoms with Gasteiger partial charge in [0.25, 0.3) is 5.91 Å². The van der Waals surface area contributed by atoms with Crippen LogP contribution in [0.15, 0.2) is 42.0 Å². The molecule has 0 saturated carbocycles. The number of benzene rings is 1. The van der Waals surface area contributed by atoms with Crippen LogP contribution in [0.2, 0.25) is 0 Å². The molecule has 1 aromatic carbocycles. The lowest BCUT2D eigenvalue weighted by molar-refractivity contribution is -0.128. The van der Waals surface area contributed by atoms with E-state index in [4.69, 9.17) is 5.10 Å². The topological polar surface area (TPSA) is 87.8 Å². The summed E-state index contributed by atoms with van der Waals surface area (Å²) in [5.41, 5.74) is 1.42. The molecule has 2 atom stereocenters. The first kappa shape index (κ1) is 19.1. The molecule has 29 heavy (non-hydrogen) atoms. The van der Waals surface area contributed by atoms with Crippen molar-refractivity contribution in [1.29, 1.82) is 5.26 Å². The number of hydrogen-bond donors (Lipinski definition) is 1. The van der Waals surface area contributed by atoms with Crippen LogP contribution < -0.4 is 5.32 Å². The lowest BCUT2D eigenvalue weighted by atomic mass is 9.52. The Kier molecular flexibility index (Phi) is 4.23. The number of fused-ring (bicyclic) bond motifs is 3. The smallest absolute Gasteiger partial charge is 0.256 e. The van der Waals surface area contributed by atoms with E-state index in [0.29, 0.717) is 11.4 Å². The lowest BCUT2D eigenvalue weighted by Crippen LogP contribution is -2.51. The molecule has 4 rings (SSSR count). The lowest BCUT2D eigenvalue weighted by Gasteiger charge is -2.49. The van der Waals surface area contributed by atoms with Crippen molar-refractivity contribution in [2.75, 3.05) is 5.32 Å². The molecular weight excluding hydrogens is 364 g/mol. The summed E-state index contributed by atoms with van der Waals surface area (Å²) >= 11 is 0. The number of nitrogens with one attached hydrogen (secondary N) is 1. The summed E-state index contributed by atoms with van der Waals surface area (Å²) in [4.78, 5) is 25.5. The van der Waals surface area contributed by atoms with Gasteiger partial charge < -0.3 is 5.32 Å². The van der Waals surface area contributed by atoms with E-state index >= 15 is 0 Å². The Hall–Kier alpha value is -3.20. The average molecular weight is 388 g/mol. The first-order valence-corrected chi connectivity index (χ1v) is 9.80. The highest BCUT2D eigenvalue weighted by Gasteiger charge is 2.55. The quantitative estimate of drug-likeness (QED) is 0.852. The number of allylic oxidation sites excluding steroid dienone is 2. The zero-order valence-electron chi connectivity index (χ0n) is 17.1. The highest BCUT2D eigenvalue weighted by molar-refractivity contribution is 6.05. The monoisotopic (exact) mass is 388 g/mol. The normalized spacial score (nSPS) is 24.7. The molecule has 0 aliphatic heterocycles. The Morgan fingerprint density at radius 1 is 1.28 bits per heavy atom. The minimum atomic E-state index is -0.642. The molecule has 0 bridgehead atoms. The first-order chi connectivity index (χ1) is 13.7. The Balaban J connectivity index is 1.80. The van der Waals surface area contributed by atoms with Crippen molar-refractivity contribution in [3.63, 3.8) is 0 Å². The van der Waals surface area contributed by atoms with Crippen molar-refractivity contribution in [3.8, 4) is 6.07 Å². The molecule has 1 heterocycles. The van der Waals surface area contributed by atoms with Crippen LogP contribution in [0.3, 0.4) is 0 Å². The molecule has 0 radical (unpaired) electrons. The SMILES string of the molecule is Cn1nc2c(c1NC(=O)c1ccccc1)CCC1C(C)(C)C(=O)C(C#N)=C[C@]21C. The predicted molar refractivity (Wildman–Crippen MR) is 109 cm³/mol. The van der Waals surface area contributed by atoms with E-state index in [2.05, 4.69) is 18.3 Å². The van der Waals surface area contributed by atoms with Gasteiger partial charge in [0.2, 0.25) is 0 Å². The fraction of sp³-hybridized carbons (Fsp3) is 0.391. The van der Waals surface area contributed by atoms with Crippen LogP contribution in [0, 0.1) is 22.7 Å². The number of rotatable bonds is 2. The van der Waals surface area contributed by atoms with Gasteiger partial charge in [-0.25, -0.2) is 0 Å². The number of nitrogens with zero attached hydrogens (tertiary/aromatic N) is 3. The Morgan fingerprint density at radius 3 is 2.62 bits per heavy atom. The summed E-state index contributed by atoms with van der Waals surface area (Å²) in [7, 11) is 1.81. The van der Waals surface area contributed by atoms with Gasteiger partial charge >= 0.3 is 0 Å². The summed E-state index contributed by atoms with van der Waals surface area (Å²) in [5.74, 6) is 0.436. The van der Waals surface area contributed by atoms with Gasteiger partial charge in [-0.1, -0.05) is 45.0 Å². The third kappa shape index (κ3) is 2.72. The largest absolute Gasteiger partial charge is 0.307 e. The number of nitriles is 1. The van der Waals surface area contributed by atoms with Gasteiger partial charge in [-0.2, -0.15) is 10.4 Å². The Labute approximate surface area is 170 Å². The minimum absolute atomic E-state index is 0.0414. The van der Waals surface area contributed by atoms with Gasteiger partial charge in [-0.05, 0) is 30.9 Å². The Bertz CT molecular complexity index is 1090. The van der Waals surface area contributed by atoms with E-state index in [9.17, 15) is 14.9 Å². The second kappa shape index (κ2) is 6.41. The zero-order chi connectivity index (χ0) is 21.0. The molecule has 0 spiro atoms. The van der Waals surface area contributed by atoms with Crippen molar-refractivity contribution in [2.24, 2.45) is 18.4 Å². The standard InChI is InChI=1S/C23H24N4O2/c1-22(2)17-11-10-16-18(23(17,3)12-15(13-24)19(22)28)26-27(4)20(16)25-21(29)14-8-6-5-7-9-14/h5-9,12,17H,10-11H2,1-4H3,(H,25,29)/t17?,23-/m0/s1. The summed E-state index contributed by atoms with van der Waals surface area (Å²) in [5, 5.41) is 17.3. The maximum atomic E-state index is 12.8. The van der Waals surface area contributed by atoms with E-state index in [1.807, 2.05) is 39.1 Å². The van der Waals surface area contributed by atoms with Crippen molar-refractivity contribution in [2.45, 2.75) is 39.0 Å². The molecular formula is C23H24N4O2. The van der Waals surface area contributed by atoms with E-state index < -0.39 is 10.8 Å². The summed E-state index contributed by atoms with van der Waals surface area (Å²) in [6.45, 7) is 5.90. The summed E-state index contributed by atoms with van der Waals surface area (Å²) < 4.78 is 1.70. The van der Waals surface area contributed by atoms with Crippen molar-refractivity contribution < 1.29 is 9.59 Å². The molecule has 1 unspecified atom stereocenters. The fourth-order valence-corrected chi connectivity index (χ4v) is 5.15. The van der Waals surface area contributed by atoms with Crippen LogP contribution in [-0.2, 0) is 23.7 Å². The number of amides is 1. The number of ketones is 1. The molecule has 6 nitrogen and oxygen atoms in total. The van der Waals surface area contributed by atoms with E-state index in [0.717, 1.165) is 24.1 Å². The molecule has 2 aromatic rings. The summed E-state index contributed by atoms with van der Waals surface area (Å²) in [6, 6.07) is 11.1. The van der Waals surface area contributed by atoms with E-state index in [1.54, 1.807) is 22.9 Å². The van der Waals surface area contributed by atoms with E-state index in [-0.39, 0.29) is 23.2 Å². The summed E-state index contributed by atoms with van der Waals surface area (Å²) in [6.07, 6.45) is 3.30. The van der Waals surface area contributed by atoms with Crippen molar-refractivity contribution in [1.82, 2.24) is 9.78 Å².